The molecule has 0 radical (unpaired) electrons. The van der Waals surface area contributed by atoms with Crippen LogP contribution in [0.4, 0.5) is 11.4 Å². The monoisotopic (exact) mass is 360 g/mol. The van der Waals surface area contributed by atoms with E-state index < -0.39 is 0 Å². The van der Waals surface area contributed by atoms with Gasteiger partial charge in [0.1, 0.15) is 0 Å². The van der Waals surface area contributed by atoms with Gasteiger partial charge in [-0.3, -0.25) is 4.79 Å². The highest BCUT2D eigenvalue weighted by Gasteiger charge is 2.20. The quantitative estimate of drug-likeness (QED) is 0.714. The molecule has 0 aromatic heterocycles. The van der Waals surface area contributed by atoms with Crippen molar-refractivity contribution < 1.29 is 4.79 Å². The van der Waals surface area contributed by atoms with Gasteiger partial charge in [-0.1, -0.05) is 24.3 Å². The molecular weight excluding hydrogens is 332 g/mol. The van der Waals surface area contributed by atoms with Gasteiger partial charge in [0, 0.05) is 50.7 Å². The molecular formula is C24H28N2O. The van der Waals surface area contributed by atoms with Crippen molar-refractivity contribution in [1.29, 1.82) is 0 Å². The van der Waals surface area contributed by atoms with Crippen LogP contribution >= 0.6 is 0 Å². The van der Waals surface area contributed by atoms with Crippen molar-refractivity contribution >= 4 is 29.3 Å². The summed E-state index contributed by atoms with van der Waals surface area (Å²) in [4.78, 5) is 17.1. The van der Waals surface area contributed by atoms with E-state index in [0.29, 0.717) is 0 Å². The Labute approximate surface area is 162 Å². The summed E-state index contributed by atoms with van der Waals surface area (Å²) in [6.07, 6.45) is 6.82. The van der Waals surface area contributed by atoms with E-state index in [1.807, 2.05) is 40.3 Å². The first-order valence-corrected chi connectivity index (χ1v) is 9.44. The molecule has 3 nitrogen and oxygen atoms in total. The minimum Gasteiger partial charge on any atom is -0.378 e. The number of hydrogen-bond donors (Lipinski definition) is 0. The number of hydrogen-bond acceptors (Lipinski definition) is 3. The van der Waals surface area contributed by atoms with E-state index in [2.05, 4.69) is 58.3 Å². The van der Waals surface area contributed by atoms with Crippen molar-refractivity contribution in [1.82, 2.24) is 0 Å². The molecule has 1 aliphatic rings. The normalized spacial score (nSPS) is 17.4. The van der Waals surface area contributed by atoms with Crippen molar-refractivity contribution in [3.8, 4) is 0 Å². The number of carbonyl (C=O) groups excluding carboxylic acids is 1. The SMILES string of the molecule is CN(C)c1ccc(C=C2CCC/C(=C\c3ccc(N(C)C)cc3)C2=O)cc1. The number of anilines is 2. The molecule has 0 aliphatic heterocycles. The Hall–Kier alpha value is -2.81. The van der Waals surface area contributed by atoms with Gasteiger partial charge in [0.2, 0.25) is 0 Å². The third-order valence-electron chi connectivity index (χ3n) is 4.98. The van der Waals surface area contributed by atoms with E-state index in [0.717, 1.165) is 52.9 Å². The second kappa shape index (κ2) is 8.26. The molecule has 0 bridgehead atoms. The highest BCUT2D eigenvalue weighted by atomic mass is 16.1. The fourth-order valence-corrected chi connectivity index (χ4v) is 3.32. The molecule has 0 atom stereocenters. The lowest BCUT2D eigenvalue weighted by Crippen LogP contribution is -2.12. The molecule has 0 saturated heterocycles. The van der Waals surface area contributed by atoms with Crippen LogP contribution in [0.15, 0.2) is 59.7 Å². The molecule has 0 heterocycles. The summed E-state index contributed by atoms with van der Waals surface area (Å²) in [5.41, 5.74) is 6.31. The number of benzene rings is 2. The maximum atomic E-state index is 12.9. The summed E-state index contributed by atoms with van der Waals surface area (Å²) < 4.78 is 0. The number of Topliss-reactive ketones (excluding diaryl/α,β-unsaturated/α-hetero) is 1. The zero-order chi connectivity index (χ0) is 19.4. The number of carbonyl (C=O) groups is 1. The molecule has 0 unspecified atom stereocenters. The fraction of sp³-hybridized carbons (Fsp3) is 0.292. The molecule has 0 spiro atoms. The number of allylic oxidation sites excluding steroid dienone is 2. The summed E-state index contributed by atoms with van der Waals surface area (Å²) in [5, 5.41) is 0. The lowest BCUT2D eigenvalue weighted by molar-refractivity contribution is -0.112. The van der Waals surface area contributed by atoms with Crippen molar-refractivity contribution in [2.45, 2.75) is 19.3 Å². The van der Waals surface area contributed by atoms with Gasteiger partial charge in [0.05, 0.1) is 0 Å². The van der Waals surface area contributed by atoms with Gasteiger partial charge < -0.3 is 9.80 Å². The van der Waals surface area contributed by atoms with Crippen LogP contribution in [-0.2, 0) is 4.79 Å². The lowest BCUT2D eigenvalue weighted by atomic mass is 9.87. The second-order valence-electron chi connectivity index (χ2n) is 7.49. The van der Waals surface area contributed by atoms with Gasteiger partial charge in [-0.2, -0.15) is 0 Å². The minimum absolute atomic E-state index is 0.189. The molecule has 3 heteroatoms. The van der Waals surface area contributed by atoms with E-state index in [1.54, 1.807) is 0 Å². The van der Waals surface area contributed by atoms with Crippen molar-refractivity contribution in [3.05, 3.63) is 70.8 Å². The molecule has 1 fully saturated rings. The number of ketones is 1. The van der Waals surface area contributed by atoms with Crippen molar-refractivity contribution in [2.24, 2.45) is 0 Å². The molecule has 1 aliphatic carbocycles. The Balaban J connectivity index is 1.80. The molecule has 2 aromatic rings. The molecule has 0 N–H and O–H groups in total. The van der Waals surface area contributed by atoms with Crippen molar-refractivity contribution in [2.75, 3.05) is 38.0 Å². The van der Waals surface area contributed by atoms with E-state index in [-0.39, 0.29) is 5.78 Å². The third kappa shape index (κ3) is 4.68. The summed E-state index contributed by atoms with van der Waals surface area (Å²) >= 11 is 0. The van der Waals surface area contributed by atoms with E-state index in [9.17, 15) is 4.79 Å². The first-order valence-electron chi connectivity index (χ1n) is 9.44. The molecule has 140 valence electrons. The zero-order valence-electron chi connectivity index (χ0n) is 16.7. The van der Waals surface area contributed by atoms with Crippen LogP contribution < -0.4 is 9.80 Å². The van der Waals surface area contributed by atoms with Gasteiger partial charge in [0.25, 0.3) is 0 Å². The number of rotatable bonds is 4. The molecule has 1 saturated carbocycles. The predicted molar refractivity (Wildman–Crippen MR) is 116 cm³/mol. The Morgan fingerprint density at radius 1 is 0.667 bits per heavy atom. The summed E-state index contributed by atoms with van der Waals surface area (Å²) in [6.45, 7) is 0. The van der Waals surface area contributed by atoms with Crippen LogP contribution in [-0.4, -0.2) is 34.0 Å². The summed E-state index contributed by atoms with van der Waals surface area (Å²) in [7, 11) is 8.11. The number of nitrogens with zero attached hydrogens (tertiary/aromatic N) is 2. The van der Waals surface area contributed by atoms with Gasteiger partial charge >= 0.3 is 0 Å². The van der Waals surface area contributed by atoms with E-state index >= 15 is 0 Å². The summed E-state index contributed by atoms with van der Waals surface area (Å²) in [5.74, 6) is 0.189. The fourth-order valence-electron chi connectivity index (χ4n) is 3.32. The highest BCUT2D eigenvalue weighted by Crippen LogP contribution is 2.28. The second-order valence-corrected chi connectivity index (χ2v) is 7.49. The largest absolute Gasteiger partial charge is 0.378 e. The highest BCUT2D eigenvalue weighted by molar-refractivity contribution is 6.14. The van der Waals surface area contributed by atoms with Crippen molar-refractivity contribution in [3.63, 3.8) is 0 Å². The van der Waals surface area contributed by atoms with Gasteiger partial charge in [-0.15, -0.1) is 0 Å². The van der Waals surface area contributed by atoms with E-state index in [4.69, 9.17) is 0 Å². The minimum atomic E-state index is 0.189. The average molecular weight is 361 g/mol. The molecule has 2 aromatic carbocycles. The standard InChI is InChI=1S/C24H28N2O/c1-25(2)22-12-8-18(9-13-22)16-20-6-5-7-21(24(20)27)17-19-10-14-23(15-11-19)26(3)4/h8-17H,5-7H2,1-4H3/b20-16+,21-17?. The third-order valence-corrected chi connectivity index (χ3v) is 4.98. The van der Waals surface area contributed by atoms with Crippen LogP contribution in [0.5, 0.6) is 0 Å². The smallest absolute Gasteiger partial charge is 0.185 e. The lowest BCUT2D eigenvalue weighted by Gasteiger charge is -2.17. The van der Waals surface area contributed by atoms with Gasteiger partial charge in [-0.25, -0.2) is 0 Å². The molecule has 0 amide bonds. The topological polar surface area (TPSA) is 23.6 Å². The first kappa shape index (κ1) is 19.0. The van der Waals surface area contributed by atoms with Gasteiger partial charge in [0.15, 0.2) is 5.78 Å². The molecule has 3 rings (SSSR count). The predicted octanol–water partition coefficient (Wildman–Crippen LogP) is 5.04. The summed E-state index contributed by atoms with van der Waals surface area (Å²) in [6, 6.07) is 16.7. The molecule has 27 heavy (non-hydrogen) atoms. The Morgan fingerprint density at radius 2 is 1.04 bits per heavy atom. The van der Waals surface area contributed by atoms with Crippen LogP contribution in [0.2, 0.25) is 0 Å². The van der Waals surface area contributed by atoms with Crippen LogP contribution in [0.1, 0.15) is 30.4 Å². The Bertz CT molecular complexity index is 785. The Kier molecular flexibility index (Phi) is 5.80. The maximum absolute atomic E-state index is 12.9. The van der Waals surface area contributed by atoms with Gasteiger partial charge in [-0.05, 0) is 66.8 Å². The average Bonchev–Trinajstić information content (AvgIpc) is 2.66. The Morgan fingerprint density at radius 3 is 1.37 bits per heavy atom. The van der Waals surface area contributed by atoms with Crippen LogP contribution in [0, 0.1) is 0 Å². The maximum Gasteiger partial charge on any atom is 0.185 e. The van der Waals surface area contributed by atoms with E-state index in [1.165, 1.54) is 0 Å². The van der Waals surface area contributed by atoms with Crippen LogP contribution in [0.3, 0.4) is 0 Å². The van der Waals surface area contributed by atoms with Crippen LogP contribution in [0.25, 0.3) is 12.2 Å². The zero-order valence-corrected chi connectivity index (χ0v) is 16.7. The first-order chi connectivity index (χ1) is 12.9.